The van der Waals surface area contributed by atoms with E-state index in [1.807, 2.05) is 0 Å². The van der Waals surface area contributed by atoms with Crippen LogP contribution in [0.2, 0.25) is 0 Å². The number of aromatic nitrogens is 2. The SMILES string of the molecule is CNc1cncc(C(=O)N(C)CCO)n1. The lowest BCUT2D eigenvalue weighted by atomic mass is 10.4. The highest BCUT2D eigenvalue weighted by Crippen LogP contribution is 2.03. The van der Waals surface area contributed by atoms with Crippen molar-refractivity contribution >= 4 is 11.7 Å². The third kappa shape index (κ3) is 2.88. The Bertz CT molecular complexity index is 343. The minimum atomic E-state index is -0.256. The number of amides is 1. The van der Waals surface area contributed by atoms with E-state index in [4.69, 9.17) is 5.11 Å². The van der Waals surface area contributed by atoms with Crippen LogP contribution in [0.4, 0.5) is 5.82 Å². The lowest BCUT2D eigenvalue weighted by Crippen LogP contribution is -2.30. The number of nitrogens with zero attached hydrogens (tertiary/aromatic N) is 3. The van der Waals surface area contributed by atoms with Crippen molar-refractivity contribution < 1.29 is 9.90 Å². The molecule has 1 aromatic heterocycles. The van der Waals surface area contributed by atoms with Gasteiger partial charge in [0.15, 0.2) is 0 Å². The number of hydrogen-bond acceptors (Lipinski definition) is 5. The Balaban J connectivity index is 2.81. The van der Waals surface area contributed by atoms with E-state index in [1.54, 1.807) is 14.1 Å². The van der Waals surface area contributed by atoms with E-state index < -0.39 is 0 Å². The van der Waals surface area contributed by atoms with Crippen LogP contribution in [0, 0.1) is 0 Å². The normalized spacial score (nSPS) is 9.80. The summed E-state index contributed by atoms with van der Waals surface area (Å²) in [5, 5.41) is 11.5. The Kier molecular flexibility index (Phi) is 3.99. The first-order chi connectivity index (χ1) is 7.19. The van der Waals surface area contributed by atoms with E-state index in [0.29, 0.717) is 5.82 Å². The molecule has 82 valence electrons. The first-order valence-corrected chi connectivity index (χ1v) is 4.55. The highest BCUT2D eigenvalue weighted by Gasteiger charge is 2.13. The summed E-state index contributed by atoms with van der Waals surface area (Å²) in [6.45, 7) is 0.214. The first kappa shape index (κ1) is 11.4. The molecule has 0 fully saturated rings. The minimum Gasteiger partial charge on any atom is -0.395 e. The molecule has 0 saturated heterocycles. The van der Waals surface area contributed by atoms with Gasteiger partial charge in [0.05, 0.1) is 19.0 Å². The van der Waals surface area contributed by atoms with Crippen molar-refractivity contribution in [2.75, 3.05) is 32.6 Å². The van der Waals surface area contributed by atoms with Gasteiger partial charge in [-0.25, -0.2) is 4.98 Å². The average Bonchev–Trinajstić information content (AvgIpc) is 2.28. The fraction of sp³-hybridized carbons (Fsp3) is 0.444. The zero-order valence-corrected chi connectivity index (χ0v) is 8.77. The molecule has 0 spiro atoms. The largest absolute Gasteiger partial charge is 0.395 e. The van der Waals surface area contributed by atoms with Crippen LogP contribution in [0.3, 0.4) is 0 Å². The third-order valence-electron chi connectivity index (χ3n) is 1.89. The number of aliphatic hydroxyl groups is 1. The number of likely N-dealkylation sites (N-methyl/N-ethyl adjacent to an activating group) is 1. The van der Waals surface area contributed by atoms with E-state index in [0.717, 1.165) is 0 Å². The van der Waals surface area contributed by atoms with Gasteiger partial charge in [-0.15, -0.1) is 0 Å². The van der Waals surface area contributed by atoms with Gasteiger partial charge < -0.3 is 15.3 Å². The molecule has 0 atom stereocenters. The van der Waals surface area contributed by atoms with Crippen molar-refractivity contribution in [2.45, 2.75) is 0 Å². The van der Waals surface area contributed by atoms with E-state index in [2.05, 4.69) is 15.3 Å². The van der Waals surface area contributed by atoms with Gasteiger partial charge in [0, 0.05) is 20.6 Å². The van der Waals surface area contributed by atoms with Gasteiger partial charge in [-0.05, 0) is 0 Å². The molecule has 2 N–H and O–H groups in total. The molecule has 0 aliphatic carbocycles. The summed E-state index contributed by atoms with van der Waals surface area (Å²) in [4.78, 5) is 21.0. The number of nitrogens with one attached hydrogen (secondary N) is 1. The predicted octanol–water partition coefficient (Wildman–Crippen LogP) is -0.417. The molecule has 15 heavy (non-hydrogen) atoms. The van der Waals surface area contributed by atoms with Gasteiger partial charge in [-0.2, -0.15) is 0 Å². The molecule has 6 heteroatoms. The van der Waals surface area contributed by atoms with Crippen molar-refractivity contribution in [1.29, 1.82) is 0 Å². The van der Waals surface area contributed by atoms with Gasteiger partial charge in [0.1, 0.15) is 11.5 Å². The number of aliphatic hydroxyl groups excluding tert-OH is 1. The highest BCUT2D eigenvalue weighted by atomic mass is 16.3. The molecule has 0 bridgehead atoms. The molecular weight excluding hydrogens is 196 g/mol. The fourth-order valence-electron chi connectivity index (χ4n) is 1.04. The van der Waals surface area contributed by atoms with Crippen LogP contribution >= 0.6 is 0 Å². The van der Waals surface area contributed by atoms with Crippen molar-refractivity contribution in [3.63, 3.8) is 0 Å². The van der Waals surface area contributed by atoms with Gasteiger partial charge in [-0.1, -0.05) is 0 Å². The molecule has 0 aliphatic heterocycles. The Morgan fingerprint density at radius 2 is 2.33 bits per heavy atom. The summed E-state index contributed by atoms with van der Waals surface area (Å²) in [6, 6.07) is 0. The zero-order valence-electron chi connectivity index (χ0n) is 8.77. The van der Waals surface area contributed by atoms with Crippen molar-refractivity contribution in [3.05, 3.63) is 18.1 Å². The summed E-state index contributed by atoms with van der Waals surface area (Å²) in [7, 11) is 3.31. The van der Waals surface area contributed by atoms with Crippen LogP contribution < -0.4 is 5.32 Å². The van der Waals surface area contributed by atoms with E-state index in [-0.39, 0.29) is 24.8 Å². The minimum absolute atomic E-state index is 0.0681. The molecule has 0 aromatic carbocycles. The van der Waals surface area contributed by atoms with Crippen molar-refractivity contribution in [2.24, 2.45) is 0 Å². The Morgan fingerprint density at radius 1 is 1.60 bits per heavy atom. The molecule has 1 aromatic rings. The maximum atomic E-state index is 11.7. The van der Waals surface area contributed by atoms with Crippen LogP contribution in [0.5, 0.6) is 0 Å². The summed E-state index contributed by atoms with van der Waals surface area (Å²) in [5.74, 6) is 0.284. The van der Waals surface area contributed by atoms with Gasteiger partial charge in [0.2, 0.25) is 0 Å². The fourth-order valence-corrected chi connectivity index (χ4v) is 1.04. The van der Waals surface area contributed by atoms with E-state index in [1.165, 1.54) is 17.3 Å². The average molecular weight is 210 g/mol. The second-order valence-electron chi connectivity index (χ2n) is 2.99. The summed E-state index contributed by atoms with van der Waals surface area (Å²) < 4.78 is 0. The molecule has 0 radical (unpaired) electrons. The molecule has 0 saturated carbocycles. The Hall–Kier alpha value is -1.69. The molecule has 1 heterocycles. The molecule has 0 aliphatic rings. The van der Waals surface area contributed by atoms with Crippen molar-refractivity contribution in [1.82, 2.24) is 14.9 Å². The quantitative estimate of drug-likeness (QED) is 0.706. The second kappa shape index (κ2) is 5.26. The molecular formula is C9H14N4O2. The summed E-state index contributed by atoms with van der Waals surface area (Å²) in [6.07, 6.45) is 2.93. The van der Waals surface area contributed by atoms with Crippen LogP contribution in [-0.2, 0) is 0 Å². The third-order valence-corrected chi connectivity index (χ3v) is 1.89. The van der Waals surface area contributed by atoms with E-state index in [9.17, 15) is 4.79 Å². The number of anilines is 1. The maximum Gasteiger partial charge on any atom is 0.273 e. The number of carbonyl (C=O) groups excluding carboxylic acids is 1. The number of carbonyl (C=O) groups is 1. The Labute approximate surface area is 88.0 Å². The second-order valence-corrected chi connectivity index (χ2v) is 2.99. The first-order valence-electron chi connectivity index (χ1n) is 4.55. The number of hydrogen-bond donors (Lipinski definition) is 2. The number of rotatable bonds is 4. The van der Waals surface area contributed by atoms with Gasteiger partial charge in [0.25, 0.3) is 5.91 Å². The summed E-state index contributed by atoms with van der Waals surface area (Å²) in [5.41, 5.74) is 0.262. The standard InChI is InChI=1S/C9H14N4O2/c1-10-8-6-11-5-7(12-8)9(15)13(2)3-4-14/h5-6,14H,3-4H2,1-2H3,(H,10,12). The molecule has 6 nitrogen and oxygen atoms in total. The van der Waals surface area contributed by atoms with Crippen LogP contribution in [0.15, 0.2) is 12.4 Å². The summed E-state index contributed by atoms with van der Waals surface area (Å²) >= 11 is 0. The molecule has 0 unspecified atom stereocenters. The van der Waals surface area contributed by atoms with Gasteiger partial charge >= 0.3 is 0 Å². The maximum absolute atomic E-state index is 11.7. The Morgan fingerprint density at radius 3 is 2.93 bits per heavy atom. The highest BCUT2D eigenvalue weighted by molar-refractivity contribution is 5.92. The van der Waals surface area contributed by atoms with Crippen LogP contribution in [-0.4, -0.2) is 53.1 Å². The lowest BCUT2D eigenvalue weighted by molar-refractivity contribution is 0.0761. The lowest BCUT2D eigenvalue weighted by Gasteiger charge is -2.14. The van der Waals surface area contributed by atoms with Crippen LogP contribution in [0.25, 0.3) is 0 Å². The zero-order chi connectivity index (χ0) is 11.3. The van der Waals surface area contributed by atoms with Gasteiger partial charge in [-0.3, -0.25) is 9.78 Å². The smallest absolute Gasteiger partial charge is 0.273 e. The predicted molar refractivity (Wildman–Crippen MR) is 55.6 cm³/mol. The molecule has 1 amide bonds. The topological polar surface area (TPSA) is 78.4 Å². The molecule has 1 rings (SSSR count). The van der Waals surface area contributed by atoms with E-state index >= 15 is 0 Å². The monoisotopic (exact) mass is 210 g/mol. The van der Waals surface area contributed by atoms with Crippen LogP contribution in [0.1, 0.15) is 10.5 Å². The van der Waals surface area contributed by atoms with Crippen molar-refractivity contribution in [3.8, 4) is 0 Å².